The van der Waals surface area contributed by atoms with E-state index in [9.17, 15) is 13.2 Å². The van der Waals surface area contributed by atoms with Crippen molar-refractivity contribution >= 4 is 60.6 Å². The topological polar surface area (TPSA) is 123 Å². The maximum Gasteiger partial charge on any atom is 0.410 e. The van der Waals surface area contributed by atoms with Gasteiger partial charge >= 0.3 is 6.09 Å². The van der Waals surface area contributed by atoms with Crippen molar-refractivity contribution in [1.82, 2.24) is 20.2 Å². The molecule has 0 radical (unpaired) electrons. The van der Waals surface area contributed by atoms with Crippen molar-refractivity contribution in [3.05, 3.63) is 70.8 Å². The summed E-state index contributed by atoms with van der Waals surface area (Å²) in [5.41, 5.74) is 1.31. The van der Waals surface area contributed by atoms with Crippen LogP contribution < -0.4 is 10.6 Å². The molecule has 2 fully saturated rings. The molecule has 0 bridgehead atoms. The Morgan fingerprint density at radius 1 is 1.14 bits per heavy atom. The molecule has 0 aliphatic carbocycles. The third kappa shape index (κ3) is 6.21. The molecule has 10 nitrogen and oxygen atoms in total. The Morgan fingerprint density at radius 2 is 1.95 bits per heavy atom. The van der Waals surface area contributed by atoms with Crippen LogP contribution in [-0.4, -0.2) is 74.4 Å². The van der Waals surface area contributed by atoms with Crippen LogP contribution in [0, 0.1) is 11.8 Å². The molecule has 6 rings (SSSR count). The number of sulfone groups is 1. The van der Waals surface area contributed by atoms with Crippen molar-refractivity contribution in [2.75, 3.05) is 38.2 Å². The zero-order chi connectivity index (χ0) is 29.1. The van der Waals surface area contributed by atoms with E-state index in [1.54, 1.807) is 35.2 Å². The summed E-state index contributed by atoms with van der Waals surface area (Å²) in [7, 11) is -3.75. The molecule has 4 heterocycles. The molecule has 2 unspecified atom stereocenters. The van der Waals surface area contributed by atoms with E-state index in [-0.39, 0.29) is 33.1 Å². The van der Waals surface area contributed by atoms with E-state index < -0.39 is 9.84 Å². The second-order valence-electron chi connectivity index (χ2n) is 9.71. The lowest BCUT2D eigenvalue weighted by Crippen LogP contribution is -2.42. The Bertz CT molecular complexity index is 1780. The molecule has 216 valence electrons. The highest BCUT2D eigenvalue weighted by Gasteiger charge is 2.28. The van der Waals surface area contributed by atoms with Crippen molar-refractivity contribution in [1.29, 1.82) is 0 Å². The molecule has 2 aromatic carbocycles. The Kier molecular flexibility index (Phi) is 8.28. The average Bonchev–Trinajstić information content (AvgIpc) is 3.64. The fourth-order valence-electron chi connectivity index (χ4n) is 4.69. The Morgan fingerprint density at radius 3 is 2.74 bits per heavy atom. The Hall–Kier alpha value is -3.73. The smallest absolute Gasteiger partial charge is 0.410 e. The first-order valence-corrected chi connectivity index (χ1v) is 15.9. The standard InChI is InChI=1S/C29H26ClN5O5S2/c30-24-15-20(7-9-26(24)42(37,38)23-4-2-1-3-5-23)34-28-27-25(32-18-33-28)16-22(41-27)8-6-19-14-21(17-31-19)40-29(36)35-10-12-39-13-11-35/h1-5,7,9,15-16,18-19,21,31H,10-14,17H2,(H,32,33,34). The second kappa shape index (κ2) is 12.2. The Balaban J connectivity index is 1.13. The molecule has 2 atom stereocenters. The number of amides is 1. The third-order valence-corrected chi connectivity index (χ3v) is 10.1. The van der Waals surface area contributed by atoms with Crippen LogP contribution in [0.3, 0.4) is 0 Å². The summed E-state index contributed by atoms with van der Waals surface area (Å²) >= 11 is 7.87. The fraction of sp³-hybridized carbons (Fsp3) is 0.276. The number of ether oxygens (including phenoxy) is 2. The van der Waals surface area contributed by atoms with Gasteiger partial charge in [-0.3, -0.25) is 5.32 Å². The number of hydrogen-bond acceptors (Lipinski definition) is 10. The summed E-state index contributed by atoms with van der Waals surface area (Å²) in [4.78, 5) is 23.8. The number of thiophene rings is 1. The molecule has 0 spiro atoms. The van der Waals surface area contributed by atoms with Gasteiger partial charge in [0.2, 0.25) is 9.84 Å². The van der Waals surface area contributed by atoms with Gasteiger partial charge in [-0.25, -0.2) is 23.2 Å². The second-order valence-corrected chi connectivity index (χ2v) is 13.1. The van der Waals surface area contributed by atoms with E-state index in [1.807, 2.05) is 6.07 Å². The van der Waals surface area contributed by atoms with Crippen LogP contribution in [0.15, 0.2) is 70.7 Å². The molecule has 2 N–H and O–H groups in total. The number of anilines is 2. The zero-order valence-electron chi connectivity index (χ0n) is 22.2. The molecule has 42 heavy (non-hydrogen) atoms. The van der Waals surface area contributed by atoms with Crippen LogP contribution in [0.5, 0.6) is 0 Å². The van der Waals surface area contributed by atoms with Gasteiger partial charge in [-0.15, -0.1) is 11.3 Å². The predicted octanol–water partition coefficient (Wildman–Crippen LogP) is 4.47. The first kappa shape index (κ1) is 28.4. The van der Waals surface area contributed by atoms with Gasteiger partial charge < -0.3 is 19.7 Å². The molecular formula is C29H26ClN5O5S2. The predicted molar refractivity (Wildman–Crippen MR) is 160 cm³/mol. The molecule has 1 amide bonds. The maximum atomic E-state index is 13.0. The van der Waals surface area contributed by atoms with Crippen molar-refractivity contribution in [2.45, 2.75) is 28.4 Å². The lowest BCUT2D eigenvalue weighted by molar-refractivity contribution is 0.0156. The van der Waals surface area contributed by atoms with Crippen LogP contribution in [0.1, 0.15) is 11.3 Å². The number of morpholine rings is 1. The van der Waals surface area contributed by atoms with E-state index in [0.717, 1.165) is 15.1 Å². The van der Waals surface area contributed by atoms with Gasteiger partial charge in [-0.05, 0) is 36.4 Å². The van der Waals surface area contributed by atoms with Gasteiger partial charge in [-0.2, -0.15) is 0 Å². The van der Waals surface area contributed by atoms with E-state index in [1.165, 1.54) is 35.9 Å². The van der Waals surface area contributed by atoms with Crippen LogP contribution in [0.4, 0.5) is 16.3 Å². The van der Waals surface area contributed by atoms with E-state index in [0.29, 0.717) is 50.8 Å². The van der Waals surface area contributed by atoms with Crippen molar-refractivity contribution in [3.8, 4) is 11.8 Å². The normalized spacial score (nSPS) is 18.8. The number of nitrogens with zero attached hydrogens (tertiary/aromatic N) is 3. The SMILES string of the molecule is O=C(OC1CNC(C#Cc2cc3ncnc(Nc4ccc(S(=O)(=O)c5ccccc5)c(Cl)c4)c3s2)C1)N1CCOCC1. The van der Waals surface area contributed by atoms with Gasteiger partial charge in [-0.1, -0.05) is 41.6 Å². The highest BCUT2D eigenvalue weighted by molar-refractivity contribution is 7.91. The molecule has 2 saturated heterocycles. The third-order valence-electron chi connectivity index (χ3n) is 6.85. The molecule has 13 heteroatoms. The summed E-state index contributed by atoms with van der Waals surface area (Å²) < 4.78 is 37.8. The van der Waals surface area contributed by atoms with Crippen LogP contribution >= 0.6 is 22.9 Å². The summed E-state index contributed by atoms with van der Waals surface area (Å²) in [6.45, 7) is 2.70. The minimum atomic E-state index is -3.75. The number of carbonyl (C=O) groups excluding carboxylic acids is 1. The van der Waals surface area contributed by atoms with Crippen LogP contribution in [0.2, 0.25) is 5.02 Å². The van der Waals surface area contributed by atoms with Gasteiger partial charge in [0.05, 0.1) is 49.2 Å². The molecule has 2 aliphatic heterocycles. The van der Waals surface area contributed by atoms with Gasteiger partial charge in [0.25, 0.3) is 0 Å². The van der Waals surface area contributed by atoms with Gasteiger partial charge in [0.1, 0.15) is 12.4 Å². The van der Waals surface area contributed by atoms with E-state index in [2.05, 4.69) is 32.4 Å². The first-order chi connectivity index (χ1) is 20.4. The van der Waals surface area contributed by atoms with Crippen molar-refractivity contribution < 1.29 is 22.7 Å². The summed E-state index contributed by atoms with van der Waals surface area (Å²) in [6.07, 6.45) is 1.52. The number of fused-ring (bicyclic) bond motifs is 1. The number of hydrogen-bond donors (Lipinski definition) is 2. The van der Waals surface area contributed by atoms with E-state index in [4.69, 9.17) is 21.1 Å². The number of aromatic nitrogens is 2. The number of benzene rings is 2. The summed E-state index contributed by atoms with van der Waals surface area (Å²) in [5.74, 6) is 7.00. The van der Waals surface area contributed by atoms with Gasteiger partial charge in [0.15, 0.2) is 5.82 Å². The summed E-state index contributed by atoms with van der Waals surface area (Å²) in [5, 5.41) is 6.64. The maximum absolute atomic E-state index is 13.0. The zero-order valence-corrected chi connectivity index (χ0v) is 24.6. The van der Waals surface area contributed by atoms with Crippen LogP contribution in [0.25, 0.3) is 10.2 Å². The van der Waals surface area contributed by atoms with Gasteiger partial charge in [0, 0.05) is 31.7 Å². The lowest BCUT2D eigenvalue weighted by Gasteiger charge is -2.27. The molecular weight excluding hydrogens is 598 g/mol. The number of halogens is 1. The molecule has 2 aromatic heterocycles. The summed E-state index contributed by atoms with van der Waals surface area (Å²) in [6, 6.07) is 14.7. The first-order valence-electron chi connectivity index (χ1n) is 13.3. The number of nitrogens with one attached hydrogen (secondary N) is 2. The average molecular weight is 624 g/mol. The van der Waals surface area contributed by atoms with Crippen molar-refractivity contribution in [2.24, 2.45) is 0 Å². The quantitative estimate of drug-likeness (QED) is 0.310. The largest absolute Gasteiger partial charge is 0.445 e. The fourth-order valence-corrected chi connectivity index (χ4v) is 7.42. The van der Waals surface area contributed by atoms with E-state index >= 15 is 0 Å². The lowest BCUT2D eigenvalue weighted by atomic mass is 10.2. The number of carbonyl (C=O) groups is 1. The monoisotopic (exact) mass is 623 g/mol. The molecule has 2 aliphatic rings. The van der Waals surface area contributed by atoms with Crippen molar-refractivity contribution in [3.63, 3.8) is 0 Å². The molecule has 4 aromatic rings. The minimum Gasteiger partial charge on any atom is -0.445 e. The molecule has 0 saturated carbocycles. The highest BCUT2D eigenvalue weighted by atomic mass is 35.5. The Labute approximate surface area is 251 Å². The highest BCUT2D eigenvalue weighted by Crippen LogP contribution is 2.34. The van der Waals surface area contributed by atoms with Crippen LogP contribution in [-0.2, 0) is 19.3 Å². The minimum absolute atomic E-state index is 0.0288. The number of rotatable bonds is 5.